The van der Waals surface area contributed by atoms with Gasteiger partial charge < -0.3 is 9.64 Å². The fourth-order valence-electron chi connectivity index (χ4n) is 2.11. The highest BCUT2D eigenvalue weighted by Gasteiger charge is 2.33. The molecule has 0 radical (unpaired) electrons. The van der Waals surface area contributed by atoms with Gasteiger partial charge in [-0.05, 0) is 19.4 Å². The molecule has 1 aliphatic heterocycles. The molecule has 1 saturated heterocycles. The van der Waals surface area contributed by atoms with Crippen molar-refractivity contribution in [3.63, 3.8) is 0 Å². The normalized spacial score (nSPS) is 19.2. The van der Waals surface area contributed by atoms with E-state index in [2.05, 4.69) is 0 Å². The number of benzene rings is 1. The molecule has 1 amide bonds. The molecule has 1 unspecified atom stereocenters. The number of thioether (sulfide) groups is 1. The molecule has 1 aromatic rings. The highest BCUT2D eigenvalue weighted by Crippen LogP contribution is 2.41. The van der Waals surface area contributed by atoms with Crippen LogP contribution in [0.5, 0.6) is 0 Å². The van der Waals surface area contributed by atoms with Crippen LogP contribution in [0, 0.1) is 0 Å². The van der Waals surface area contributed by atoms with Crippen LogP contribution in [0.4, 0.5) is 0 Å². The summed E-state index contributed by atoms with van der Waals surface area (Å²) >= 11 is 7.87. The molecular weight excluding hydrogens is 282 g/mol. The van der Waals surface area contributed by atoms with E-state index in [9.17, 15) is 4.79 Å². The number of hydrogen-bond donors (Lipinski definition) is 0. The van der Waals surface area contributed by atoms with Gasteiger partial charge >= 0.3 is 0 Å². The highest BCUT2D eigenvalue weighted by molar-refractivity contribution is 8.00. The Morgan fingerprint density at radius 2 is 2.26 bits per heavy atom. The average molecular weight is 300 g/mol. The van der Waals surface area contributed by atoms with Crippen LogP contribution in [0.2, 0.25) is 5.02 Å². The first-order valence-corrected chi connectivity index (χ1v) is 7.90. The fraction of sp³-hybridized carbons (Fsp3) is 0.500. The minimum atomic E-state index is 0.0443. The Hall–Kier alpha value is -0.710. The zero-order valence-electron chi connectivity index (χ0n) is 11.0. The molecule has 0 N–H and O–H groups in total. The SMILES string of the molecule is CCOCCCN1C(=O)CSC1c1ccccc1Cl. The lowest BCUT2D eigenvalue weighted by Gasteiger charge is -2.24. The van der Waals surface area contributed by atoms with Gasteiger partial charge in [-0.1, -0.05) is 29.8 Å². The molecular formula is C14H18ClNO2S. The minimum absolute atomic E-state index is 0.0443. The molecule has 19 heavy (non-hydrogen) atoms. The van der Waals surface area contributed by atoms with Gasteiger partial charge in [-0.2, -0.15) is 0 Å². The predicted molar refractivity (Wildman–Crippen MR) is 79.5 cm³/mol. The van der Waals surface area contributed by atoms with Crippen LogP contribution >= 0.6 is 23.4 Å². The van der Waals surface area contributed by atoms with Crippen molar-refractivity contribution in [3.05, 3.63) is 34.9 Å². The third kappa shape index (κ3) is 3.65. The Bertz CT molecular complexity index is 441. The third-order valence-electron chi connectivity index (χ3n) is 3.03. The van der Waals surface area contributed by atoms with E-state index < -0.39 is 0 Å². The third-order valence-corrected chi connectivity index (χ3v) is 4.61. The molecule has 1 aliphatic rings. The van der Waals surface area contributed by atoms with E-state index in [1.807, 2.05) is 36.1 Å². The first-order valence-electron chi connectivity index (χ1n) is 6.47. The maximum atomic E-state index is 12.0. The topological polar surface area (TPSA) is 29.5 Å². The lowest BCUT2D eigenvalue weighted by Crippen LogP contribution is -2.30. The van der Waals surface area contributed by atoms with E-state index in [1.54, 1.807) is 11.8 Å². The van der Waals surface area contributed by atoms with Gasteiger partial charge in [0.2, 0.25) is 5.91 Å². The molecule has 1 fully saturated rings. The molecule has 104 valence electrons. The van der Waals surface area contributed by atoms with Crippen LogP contribution in [0.3, 0.4) is 0 Å². The van der Waals surface area contributed by atoms with Crippen molar-refractivity contribution in [1.82, 2.24) is 4.90 Å². The number of rotatable bonds is 6. The Morgan fingerprint density at radius 1 is 1.47 bits per heavy atom. The fourth-order valence-corrected chi connectivity index (χ4v) is 3.67. The molecule has 0 spiro atoms. The summed E-state index contributed by atoms with van der Waals surface area (Å²) in [5.41, 5.74) is 1.02. The van der Waals surface area contributed by atoms with Crippen LogP contribution in [0.15, 0.2) is 24.3 Å². The van der Waals surface area contributed by atoms with Gasteiger partial charge in [0, 0.05) is 30.3 Å². The summed E-state index contributed by atoms with van der Waals surface area (Å²) in [6.45, 7) is 4.11. The van der Waals surface area contributed by atoms with E-state index in [0.29, 0.717) is 12.4 Å². The summed E-state index contributed by atoms with van der Waals surface area (Å²) in [5.74, 6) is 0.719. The van der Waals surface area contributed by atoms with Gasteiger partial charge in [-0.25, -0.2) is 0 Å². The number of carbonyl (C=O) groups excluding carboxylic acids is 1. The maximum absolute atomic E-state index is 12.0. The van der Waals surface area contributed by atoms with Gasteiger partial charge in [-0.15, -0.1) is 11.8 Å². The second-order valence-corrected chi connectivity index (χ2v) is 5.80. The molecule has 1 atom stereocenters. The molecule has 0 bridgehead atoms. The van der Waals surface area contributed by atoms with Gasteiger partial charge in [0.15, 0.2) is 0 Å². The van der Waals surface area contributed by atoms with Crippen LogP contribution in [0.1, 0.15) is 24.3 Å². The smallest absolute Gasteiger partial charge is 0.233 e. The molecule has 2 rings (SSSR count). The molecule has 0 aliphatic carbocycles. The second-order valence-electron chi connectivity index (χ2n) is 4.32. The van der Waals surface area contributed by atoms with Crippen LogP contribution < -0.4 is 0 Å². The number of ether oxygens (including phenoxy) is 1. The van der Waals surface area contributed by atoms with Crippen molar-refractivity contribution >= 4 is 29.3 Å². The summed E-state index contributed by atoms with van der Waals surface area (Å²) in [4.78, 5) is 13.9. The summed E-state index contributed by atoms with van der Waals surface area (Å²) in [7, 11) is 0. The summed E-state index contributed by atoms with van der Waals surface area (Å²) in [5, 5.41) is 0.771. The van der Waals surface area contributed by atoms with Crippen LogP contribution in [-0.2, 0) is 9.53 Å². The van der Waals surface area contributed by atoms with Crippen molar-refractivity contribution in [3.8, 4) is 0 Å². The summed E-state index contributed by atoms with van der Waals surface area (Å²) < 4.78 is 5.32. The van der Waals surface area contributed by atoms with Crippen molar-refractivity contribution in [1.29, 1.82) is 0 Å². The van der Waals surface area contributed by atoms with Crippen molar-refractivity contribution in [2.75, 3.05) is 25.5 Å². The lowest BCUT2D eigenvalue weighted by molar-refractivity contribution is -0.128. The number of hydrogen-bond acceptors (Lipinski definition) is 3. The molecule has 0 saturated carbocycles. The minimum Gasteiger partial charge on any atom is -0.382 e. The number of carbonyl (C=O) groups is 1. The molecule has 1 aromatic carbocycles. The van der Waals surface area contributed by atoms with Crippen molar-refractivity contribution in [2.24, 2.45) is 0 Å². The van der Waals surface area contributed by atoms with E-state index in [0.717, 1.165) is 30.2 Å². The van der Waals surface area contributed by atoms with Gasteiger partial charge in [0.05, 0.1) is 5.75 Å². The molecule has 0 aromatic heterocycles. The number of nitrogens with zero attached hydrogens (tertiary/aromatic N) is 1. The van der Waals surface area contributed by atoms with Crippen molar-refractivity contribution < 1.29 is 9.53 Å². The Balaban J connectivity index is 2.03. The average Bonchev–Trinajstić information content (AvgIpc) is 2.77. The maximum Gasteiger partial charge on any atom is 0.233 e. The van der Waals surface area contributed by atoms with Crippen LogP contribution in [-0.4, -0.2) is 36.3 Å². The molecule has 1 heterocycles. The largest absolute Gasteiger partial charge is 0.382 e. The first-order chi connectivity index (χ1) is 9.24. The quantitative estimate of drug-likeness (QED) is 0.755. The first kappa shape index (κ1) is 14.7. The predicted octanol–water partition coefficient (Wildman–Crippen LogP) is 3.34. The van der Waals surface area contributed by atoms with E-state index in [-0.39, 0.29) is 11.3 Å². The lowest BCUT2D eigenvalue weighted by atomic mass is 10.2. The Labute approximate surface area is 123 Å². The summed E-state index contributed by atoms with van der Waals surface area (Å²) in [6.07, 6.45) is 0.862. The monoisotopic (exact) mass is 299 g/mol. The van der Waals surface area contributed by atoms with Crippen LogP contribution in [0.25, 0.3) is 0 Å². The summed E-state index contributed by atoms with van der Waals surface area (Å²) in [6, 6.07) is 7.74. The van der Waals surface area contributed by atoms with E-state index in [1.165, 1.54) is 0 Å². The number of amides is 1. The second kappa shape index (κ2) is 7.17. The Kier molecular flexibility index (Phi) is 5.55. The number of halogens is 1. The zero-order chi connectivity index (χ0) is 13.7. The Morgan fingerprint density at radius 3 is 3.00 bits per heavy atom. The zero-order valence-corrected chi connectivity index (χ0v) is 12.5. The van der Waals surface area contributed by atoms with E-state index >= 15 is 0 Å². The molecule has 5 heteroatoms. The van der Waals surface area contributed by atoms with Gasteiger partial charge in [-0.3, -0.25) is 4.79 Å². The standard InChI is InChI=1S/C14H18ClNO2S/c1-2-18-9-5-8-16-13(17)10-19-14(16)11-6-3-4-7-12(11)15/h3-4,6-7,14H,2,5,8-10H2,1H3. The van der Waals surface area contributed by atoms with Crippen molar-refractivity contribution in [2.45, 2.75) is 18.7 Å². The van der Waals surface area contributed by atoms with E-state index in [4.69, 9.17) is 16.3 Å². The van der Waals surface area contributed by atoms with Gasteiger partial charge in [0.1, 0.15) is 5.37 Å². The highest BCUT2D eigenvalue weighted by atomic mass is 35.5. The van der Waals surface area contributed by atoms with Gasteiger partial charge in [0.25, 0.3) is 0 Å². The molecule has 3 nitrogen and oxygen atoms in total.